The lowest BCUT2D eigenvalue weighted by molar-refractivity contribution is -0.116. The third-order valence-corrected chi connectivity index (χ3v) is 3.57. The van der Waals surface area contributed by atoms with Gasteiger partial charge in [0.15, 0.2) is 0 Å². The Hall–Kier alpha value is -2.08. The molecular weight excluding hydrogens is 268 g/mol. The summed E-state index contributed by atoms with van der Waals surface area (Å²) in [6.45, 7) is 2.07. The molecule has 1 heterocycles. The molecule has 1 aliphatic rings. The molecular formula is C15H22N4O2. The second-order valence-corrected chi connectivity index (χ2v) is 5.23. The Balaban J connectivity index is 1.82. The van der Waals surface area contributed by atoms with Gasteiger partial charge < -0.3 is 21.3 Å². The summed E-state index contributed by atoms with van der Waals surface area (Å²) in [6.07, 6.45) is 2.59. The maximum atomic E-state index is 11.9. The minimum Gasteiger partial charge on any atom is -0.341 e. The highest BCUT2D eigenvalue weighted by Crippen LogP contribution is 2.17. The van der Waals surface area contributed by atoms with Gasteiger partial charge in [-0.15, -0.1) is 0 Å². The molecule has 0 radical (unpaired) electrons. The van der Waals surface area contributed by atoms with Gasteiger partial charge in [0.1, 0.15) is 0 Å². The van der Waals surface area contributed by atoms with E-state index in [1.807, 2.05) is 6.07 Å². The third kappa shape index (κ3) is 5.07. The fourth-order valence-electron chi connectivity index (χ4n) is 2.39. The van der Waals surface area contributed by atoms with Crippen molar-refractivity contribution in [1.29, 1.82) is 0 Å². The lowest BCUT2D eigenvalue weighted by atomic mass is 10.0. The molecule has 1 aliphatic heterocycles. The van der Waals surface area contributed by atoms with Crippen molar-refractivity contribution in [1.82, 2.24) is 10.6 Å². The highest BCUT2D eigenvalue weighted by molar-refractivity contribution is 5.93. The van der Waals surface area contributed by atoms with Gasteiger partial charge in [0, 0.05) is 24.8 Å². The Morgan fingerprint density at radius 1 is 1.29 bits per heavy atom. The smallest absolute Gasteiger partial charge is 0.318 e. The van der Waals surface area contributed by atoms with Crippen LogP contribution >= 0.6 is 0 Å². The SMILES string of the molecule is CNC(=O)Nc1cccc(NC(=O)CCC2CCNC2)c1. The second-order valence-electron chi connectivity index (χ2n) is 5.23. The van der Waals surface area contributed by atoms with Gasteiger partial charge >= 0.3 is 6.03 Å². The summed E-state index contributed by atoms with van der Waals surface area (Å²) in [4.78, 5) is 23.2. The Morgan fingerprint density at radius 2 is 2.05 bits per heavy atom. The molecule has 0 spiro atoms. The molecule has 1 atom stereocenters. The van der Waals surface area contributed by atoms with E-state index in [4.69, 9.17) is 0 Å². The average molecular weight is 290 g/mol. The predicted octanol–water partition coefficient (Wildman–Crippen LogP) is 1.77. The van der Waals surface area contributed by atoms with E-state index in [1.54, 1.807) is 25.2 Å². The normalized spacial score (nSPS) is 17.3. The van der Waals surface area contributed by atoms with Gasteiger partial charge in [-0.25, -0.2) is 4.79 Å². The summed E-state index contributed by atoms with van der Waals surface area (Å²) in [5.74, 6) is 0.621. The molecule has 4 N–H and O–H groups in total. The van der Waals surface area contributed by atoms with Crippen molar-refractivity contribution >= 4 is 23.3 Å². The van der Waals surface area contributed by atoms with Crippen LogP contribution in [0.4, 0.5) is 16.2 Å². The molecule has 1 unspecified atom stereocenters. The fourth-order valence-corrected chi connectivity index (χ4v) is 2.39. The molecule has 0 aliphatic carbocycles. The predicted molar refractivity (Wildman–Crippen MR) is 83.4 cm³/mol. The van der Waals surface area contributed by atoms with Gasteiger partial charge in [0.2, 0.25) is 5.91 Å². The maximum absolute atomic E-state index is 11.9. The lowest BCUT2D eigenvalue weighted by Gasteiger charge is -2.10. The quantitative estimate of drug-likeness (QED) is 0.667. The molecule has 2 rings (SSSR count). The minimum absolute atomic E-state index is 0.0130. The molecule has 6 nitrogen and oxygen atoms in total. The number of anilines is 2. The number of benzene rings is 1. The largest absolute Gasteiger partial charge is 0.341 e. The molecule has 21 heavy (non-hydrogen) atoms. The van der Waals surface area contributed by atoms with Crippen LogP contribution in [0.3, 0.4) is 0 Å². The van der Waals surface area contributed by atoms with E-state index in [1.165, 1.54) is 0 Å². The van der Waals surface area contributed by atoms with Crippen molar-refractivity contribution in [2.24, 2.45) is 5.92 Å². The summed E-state index contributed by atoms with van der Waals surface area (Å²) in [5, 5.41) is 11.3. The van der Waals surface area contributed by atoms with Gasteiger partial charge in [-0.05, 0) is 50.0 Å². The summed E-state index contributed by atoms with van der Waals surface area (Å²) < 4.78 is 0. The monoisotopic (exact) mass is 290 g/mol. The molecule has 1 aromatic rings. The Kier molecular flexibility index (Phi) is 5.57. The number of rotatable bonds is 5. The number of urea groups is 1. The zero-order valence-electron chi connectivity index (χ0n) is 12.2. The maximum Gasteiger partial charge on any atom is 0.318 e. The summed E-state index contributed by atoms with van der Waals surface area (Å²) in [5.41, 5.74) is 1.34. The van der Waals surface area contributed by atoms with Gasteiger partial charge in [-0.3, -0.25) is 4.79 Å². The first kappa shape index (κ1) is 15.3. The van der Waals surface area contributed by atoms with E-state index in [2.05, 4.69) is 21.3 Å². The molecule has 1 saturated heterocycles. The summed E-state index contributed by atoms with van der Waals surface area (Å²) in [6, 6.07) is 6.83. The first-order valence-corrected chi connectivity index (χ1v) is 7.27. The van der Waals surface area contributed by atoms with Crippen LogP contribution in [-0.2, 0) is 4.79 Å². The third-order valence-electron chi connectivity index (χ3n) is 3.57. The standard InChI is InChI=1S/C15H22N4O2/c1-16-15(21)19-13-4-2-3-12(9-13)18-14(20)6-5-11-7-8-17-10-11/h2-4,9,11,17H,5-8,10H2,1H3,(H,18,20)(H2,16,19,21). The van der Waals surface area contributed by atoms with Crippen molar-refractivity contribution in [3.05, 3.63) is 24.3 Å². The number of carbonyl (C=O) groups excluding carboxylic acids is 2. The average Bonchev–Trinajstić information content (AvgIpc) is 2.98. The minimum atomic E-state index is -0.285. The van der Waals surface area contributed by atoms with E-state index in [9.17, 15) is 9.59 Å². The van der Waals surface area contributed by atoms with E-state index in [-0.39, 0.29) is 11.9 Å². The van der Waals surface area contributed by atoms with Crippen LogP contribution < -0.4 is 21.3 Å². The highest BCUT2D eigenvalue weighted by atomic mass is 16.2. The first-order chi connectivity index (χ1) is 10.2. The van der Waals surface area contributed by atoms with Gasteiger partial charge in [0.25, 0.3) is 0 Å². The van der Waals surface area contributed by atoms with Crippen molar-refractivity contribution in [2.45, 2.75) is 19.3 Å². The van der Waals surface area contributed by atoms with Crippen molar-refractivity contribution in [2.75, 3.05) is 30.8 Å². The van der Waals surface area contributed by atoms with Crippen LogP contribution in [0.1, 0.15) is 19.3 Å². The van der Waals surface area contributed by atoms with Gasteiger partial charge in [-0.1, -0.05) is 6.07 Å². The van der Waals surface area contributed by atoms with Crippen LogP contribution in [0.25, 0.3) is 0 Å². The fraction of sp³-hybridized carbons (Fsp3) is 0.467. The molecule has 3 amide bonds. The van der Waals surface area contributed by atoms with E-state index in [0.29, 0.717) is 23.7 Å². The van der Waals surface area contributed by atoms with Crippen LogP contribution in [0.5, 0.6) is 0 Å². The molecule has 0 saturated carbocycles. The zero-order chi connectivity index (χ0) is 15.1. The Labute approximate surface area is 124 Å². The number of nitrogens with one attached hydrogen (secondary N) is 4. The molecule has 0 aromatic heterocycles. The van der Waals surface area contributed by atoms with Crippen LogP contribution in [0, 0.1) is 5.92 Å². The molecule has 1 aromatic carbocycles. The van der Waals surface area contributed by atoms with Gasteiger partial charge in [0.05, 0.1) is 0 Å². The van der Waals surface area contributed by atoms with Crippen LogP contribution in [0.2, 0.25) is 0 Å². The first-order valence-electron chi connectivity index (χ1n) is 7.27. The number of hydrogen-bond acceptors (Lipinski definition) is 3. The van der Waals surface area contributed by atoms with E-state index < -0.39 is 0 Å². The van der Waals surface area contributed by atoms with Crippen molar-refractivity contribution in [3.63, 3.8) is 0 Å². The second kappa shape index (κ2) is 7.64. The van der Waals surface area contributed by atoms with Crippen LogP contribution in [-0.4, -0.2) is 32.1 Å². The molecule has 1 fully saturated rings. The van der Waals surface area contributed by atoms with Crippen LogP contribution in [0.15, 0.2) is 24.3 Å². The molecule has 6 heteroatoms. The Bertz CT molecular complexity index is 498. The zero-order valence-corrected chi connectivity index (χ0v) is 12.2. The molecule has 0 bridgehead atoms. The van der Waals surface area contributed by atoms with Crippen molar-refractivity contribution < 1.29 is 9.59 Å². The van der Waals surface area contributed by atoms with Gasteiger partial charge in [-0.2, -0.15) is 0 Å². The number of carbonyl (C=O) groups is 2. The van der Waals surface area contributed by atoms with E-state index in [0.717, 1.165) is 25.9 Å². The number of hydrogen-bond donors (Lipinski definition) is 4. The van der Waals surface area contributed by atoms with E-state index >= 15 is 0 Å². The highest BCUT2D eigenvalue weighted by Gasteiger charge is 2.15. The van der Waals surface area contributed by atoms with Crippen molar-refractivity contribution in [3.8, 4) is 0 Å². The lowest BCUT2D eigenvalue weighted by Crippen LogP contribution is -2.24. The summed E-state index contributed by atoms with van der Waals surface area (Å²) >= 11 is 0. The topological polar surface area (TPSA) is 82.3 Å². The Morgan fingerprint density at radius 3 is 2.71 bits per heavy atom. The summed E-state index contributed by atoms with van der Waals surface area (Å²) in [7, 11) is 1.55. The number of amides is 3. The molecule has 114 valence electrons.